The van der Waals surface area contributed by atoms with Crippen LogP contribution in [0.2, 0.25) is 0 Å². The first kappa shape index (κ1) is 28.9. The average Bonchev–Trinajstić information content (AvgIpc) is 2.90. The van der Waals surface area contributed by atoms with E-state index in [1.807, 2.05) is 58.0 Å². The number of hydrogen-bond donors (Lipinski definition) is 1. The number of rotatable bonds is 12. The third-order valence-electron chi connectivity index (χ3n) is 6.23. The Kier molecular flexibility index (Phi) is 10.1. The van der Waals surface area contributed by atoms with Crippen molar-refractivity contribution in [3.63, 3.8) is 0 Å². The van der Waals surface area contributed by atoms with Gasteiger partial charge >= 0.3 is 0 Å². The highest BCUT2D eigenvalue weighted by Gasteiger charge is 2.33. The van der Waals surface area contributed by atoms with Crippen LogP contribution < -0.4 is 9.62 Å². The summed E-state index contributed by atoms with van der Waals surface area (Å²) in [4.78, 5) is 28.6. The van der Waals surface area contributed by atoms with E-state index < -0.39 is 28.5 Å². The Morgan fingerprint density at radius 3 is 2.00 bits per heavy atom. The second kappa shape index (κ2) is 13.2. The standard InChI is InChI=1S/C30H37N3O4S/c1-5-28(30(35)31-23(2)3)32(21-20-25-12-8-6-9-13-25)29(34)22-33(26-14-10-7-11-15-26)38(36,37)27-18-16-24(4)17-19-27/h6-19,23,28H,5,20-22H2,1-4H3,(H,31,35)/t28-/m1/s1. The fourth-order valence-electron chi connectivity index (χ4n) is 4.24. The summed E-state index contributed by atoms with van der Waals surface area (Å²) in [5, 5.41) is 2.91. The van der Waals surface area contributed by atoms with Crippen LogP contribution in [0.3, 0.4) is 0 Å². The van der Waals surface area contributed by atoms with Gasteiger partial charge in [0.25, 0.3) is 10.0 Å². The largest absolute Gasteiger partial charge is 0.352 e. The molecule has 0 bridgehead atoms. The predicted octanol–water partition coefficient (Wildman–Crippen LogP) is 4.56. The Bertz CT molecular complexity index is 1290. The number of nitrogens with one attached hydrogen (secondary N) is 1. The average molecular weight is 536 g/mol. The van der Waals surface area contributed by atoms with Crippen LogP contribution in [0.15, 0.2) is 89.8 Å². The van der Waals surface area contributed by atoms with Gasteiger partial charge in [0.05, 0.1) is 10.6 Å². The molecule has 1 atom stereocenters. The number of carbonyl (C=O) groups is 2. The lowest BCUT2D eigenvalue weighted by Gasteiger charge is -2.33. The molecule has 0 unspecified atom stereocenters. The molecule has 0 aromatic heterocycles. The molecule has 8 heteroatoms. The third-order valence-corrected chi connectivity index (χ3v) is 8.02. The first-order valence-electron chi connectivity index (χ1n) is 12.9. The Morgan fingerprint density at radius 1 is 0.868 bits per heavy atom. The zero-order valence-electron chi connectivity index (χ0n) is 22.5. The van der Waals surface area contributed by atoms with E-state index in [9.17, 15) is 18.0 Å². The monoisotopic (exact) mass is 535 g/mol. The zero-order valence-corrected chi connectivity index (χ0v) is 23.3. The van der Waals surface area contributed by atoms with Gasteiger partial charge in [0.1, 0.15) is 12.6 Å². The Hall–Kier alpha value is -3.65. The van der Waals surface area contributed by atoms with Crippen LogP contribution in [0, 0.1) is 6.92 Å². The highest BCUT2D eigenvalue weighted by atomic mass is 32.2. The molecule has 3 rings (SSSR count). The molecule has 2 amide bonds. The van der Waals surface area contributed by atoms with Crippen LogP contribution in [0.1, 0.15) is 38.3 Å². The van der Waals surface area contributed by atoms with Crippen molar-refractivity contribution in [1.29, 1.82) is 0 Å². The molecule has 0 aliphatic carbocycles. The Morgan fingerprint density at radius 2 is 1.45 bits per heavy atom. The van der Waals surface area contributed by atoms with E-state index in [-0.39, 0.29) is 23.4 Å². The van der Waals surface area contributed by atoms with Crippen LogP contribution in [-0.2, 0) is 26.0 Å². The topological polar surface area (TPSA) is 86.8 Å². The van der Waals surface area contributed by atoms with Crippen LogP contribution in [0.5, 0.6) is 0 Å². The Balaban J connectivity index is 1.98. The molecular formula is C30H37N3O4S. The van der Waals surface area contributed by atoms with Crippen LogP contribution in [-0.4, -0.2) is 50.3 Å². The second-order valence-corrected chi connectivity index (χ2v) is 11.4. The molecule has 0 saturated heterocycles. The SMILES string of the molecule is CC[C@H](C(=O)NC(C)C)N(CCc1ccccc1)C(=O)CN(c1ccccc1)S(=O)(=O)c1ccc(C)cc1. The molecule has 0 fully saturated rings. The molecule has 1 N–H and O–H groups in total. The summed E-state index contributed by atoms with van der Waals surface area (Å²) in [5.74, 6) is -0.692. The molecule has 0 heterocycles. The number of sulfonamides is 1. The number of amides is 2. The number of para-hydroxylation sites is 1. The fraction of sp³-hybridized carbons (Fsp3) is 0.333. The number of nitrogens with zero attached hydrogens (tertiary/aromatic N) is 2. The third kappa shape index (κ3) is 7.44. The van der Waals surface area contributed by atoms with Gasteiger partial charge in [-0.25, -0.2) is 8.42 Å². The van der Waals surface area contributed by atoms with Crippen molar-refractivity contribution in [2.24, 2.45) is 0 Å². The summed E-state index contributed by atoms with van der Waals surface area (Å²) in [6, 6.07) is 24.0. The number of anilines is 1. The molecule has 0 saturated carbocycles. The van der Waals surface area contributed by atoms with Gasteiger partial charge in [-0.15, -0.1) is 0 Å². The van der Waals surface area contributed by atoms with E-state index in [0.717, 1.165) is 15.4 Å². The second-order valence-electron chi connectivity index (χ2n) is 9.57. The summed E-state index contributed by atoms with van der Waals surface area (Å²) >= 11 is 0. The van der Waals surface area contributed by atoms with E-state index in [1.54, 1.807) is 54.6 Å². The van der Waals surface area contributed by atoms with Crippen molar-refractivity contribution < 1.29 is 18.0 Å². The maximum absolute atomic E-state index is 13.9. The van der Waals surface area contributed by atoms with Gasteiger partial charge in [-0.2, -0.15) is 0 Å². The number of hydrogen-bond acceptors (Lipinski definition) is 4. The molecule has 202 valence electrons. The summed E-state index contributed by atoms with van der Waals surface area (Å²) in [6.45, 7) is 7.32. The van der Waals surface area contributed by atoms with E-state index in [2.05, 4.69) is 5.32 Å². The minimum atomic E-state index is -4.05. The maximum atomic E-state index is 13.9. The smallest absolute Gasteiger partial charge is 0.264 e. The zero-order chi connectivity index (χ0) is 27.7. The molecule has 0 aliphatic heterocycles. The maximum Gasteiger partial charge on any atom is 0.264 e. The minimum absolute atomic E-state index is 0.0923. The van der Waals surface area contributed by atoms with E-state index in [0.29, 0.717) is 18.5 Å². The molecule has 0 aliphatic rings. The molecule has 0 radical (unpaired) electrons. The predicted molar refractivity (Wildman–Crippen MR) is 151 cm³/mol. The summed E-state index contributed by atoms with van der Waals surface area (Å²) in [6.07, 6.45) is 0.934. The van der Waals surface area contributed by atoms with Crippen LogP contribution in [0.4, 0.5) is 5.69 Å². The van der Waals surface area contributed by atoms with Crippen molar-refractivity contribution in [2.45, 2.75) is 57.5 Å². The number of benzene rings is 3. The van der Waals surface area contributed by atoms with Gasteiger partial charge in [-0.1, -0.05) is 73.2 Å². The highest BCUT2D eigenvalue weighted by Crippen LogP contribution is 2.24. The van der Waals surface area contributed by atoms with E-state index in [4.69, 9.17) is 0 Å². The quantitative estimate of drug-likeness (QED) is 0.368. The number of aryl methyl sites for hydroxylation is 1. The minimum Gasteiger partial charge on any atom is -0.352 e. The summed E-state index contributed by atoms with van der Waals surface area (Å²) < 4.78 is 28.7. The van der Waals surface area contributed by atoms with Crippen LogP contribution >= 0.6 is 0 Å². The van der Waals surface area contributed by atoms with Crippen LogP contribution in [0.25, 0.3) is 0 Å². The van der Waals surface area contributed by atoms with Gasteiger partial charge in [-0.05, 0) is 63.4 Å². The normalized spacial score (nSPS) is 12.1. The van der Waals surface area contributed by atoms with Gasteiger partial charge in [0.2, 0.25) is 11.8 Å². The van der Waals surface area contributed by atoms with Crippen molar-refractivity contribution in [3.05, 3.63) is 96.1 Å². The van der Waals surface area contributed by atoms with Gasteiger partial charge < -0.3 is 10.2 Å². The lowest BCUT2D eigenvalue weighted by Crippen LogP contribution is -2.54. The summed E-state index contributed by atoms with van der Waals surface area (Å²) in [5.41, 5.74) is 2.33. The first-order valence-corrected chi connectivity index (χ1v) is 14.4. The van der Waals surface area contributed by atoms with Crippen molar-refractivity contribution in [3.8, 4) is 0 Å². The fourth-order valence-corrected chi connectivity index (χ4v) is 5.65. The lowest BCUT2D eigenvalue weighted by atomic mass is 10.1. The molecule has 3 aromatic carbocycles. The van der Waals surface area contributed by atoms with Gasteiger partial charge in [-0.3, -0.25) is 13.9 Å². The molecule has 7 nitrogen and oxygen atoms in total. The molecule has 3 aromatic rings. The van der Waals surface area contributed by atoms with Crippen molar-refractivity contribution in [2.75, 3.05) is 17.4 Å². The molecular weight excluding hydrogens is 498 g/mol. The lowest BCUT2D eigenvalue weighted by molar-refractivity contribution is -0.139. The van der Waals surface area contributed by atoms with Gasteiger partial charge in [0.15, 0.2) is 0 Å². The van der Waals surface area contributed by atoms with E-state index >= 15 is 0 Å². The van der Waals surface area contributed by atoms with Crippen molar-refractivity contribution in [1.82, 2.24) is 10.2 Å². The first-order chi connectivity index (χ1) is 18.1. The summed E-state index contributed by atoms with van der Waals surface area (Å²) in [7, 11) is -4.05. The highest BCUT2D eigenvalue weighted by molar-refractivity contribution is 7.92. The Labute approximate surface area is 226 Å². The van der Waals surface area contributed by atoms with Gasteiger partial charge in [0, 0.05) is 12.6 Å². The molecule has 38 heavy (non-hydrogen) atoms. The van der Waals surface area contributed by atoms with Crippen molar-refractivity contribution >= 4 is 27.5 Å². The molecule has 0 spiro atoms. The number of carbonyl (C=O) groups excluding carboxylic acids is 2. The van der Waals surface area contributed by atoms with E-state index in [1.165, 1.54) is 4.90 Å².